The van der Waals surface area contributed by atoms with Crippen LogP contribution >= 0.6 is 0 Å². The van der Waals surface area contributed by atoms with Crippen LogP contribution in [0.15, 0.2) is 12.2 Å². The zero-order chi connectivity index (χ0) is 18.0. The summed E-state index contributed by atoms with van der Waals surface area (Å²) < 4.78 is 0. The van der Waals surface area contributed by atoms with Crippen molar-refractivity contribution >= 4 is 0 Å². The van der Waals surface area contributed by atoms with Crippen LogP contribution in [0.5, 0.6) is 0 Å². The highest BCUT2D eigenvalue weighted by Gasteiger charge is 2.16. The van der Waals surface area contributed by atoms with Crippen molar-refractivity contribution in [2.75, 3.05) is 32.8 Å². The van der Waals surface area contributed by atoms with Crippen LogP contribution in [0.2, 0.25) is 0 Å². The van der Waals surface area contributed by atoms with E-state index in [1.54, 1.807) is 0 Å². The van der Waals surface area contributed by atoms with Gasteiger partial charge in [0.05, 0.1) is 6.67 Å². The molecule has 1 aliphatic rings. The average molecular weight is 351 g/mol. The van der Waals surface area contributed by atoms with Crippen molar-refractivity contribution in [1.82, 2.24) is 9.80 Å². The lowest BCUT2D eigenvalue weighted by atomic mass is 10.1. The summed E-state index contributed by atoms with van der Waals surface area (Å²) in [7, 11) is 0. The minimum atomic E-state index is 1.21. The number of nitrogens with zero attached hydrogens (tertiary/aromatic N) is 2. The molecular weight excluding hydrogens is 304 g/mol. The summed E-state index contributed by atoms with van der Waals surface area (Å²) in [5, 5.41) is 0. The Morgan fingerprint density at radius 2 is 1.12 bits per heavy atom. The molecule has 0 radical (unpaired) electrons. The van der Waals surface area contributed by atoms with E-state index in [-0.39, 0.29) is 0 Å². The molecule has 148 valence electrons. The Morgan fingerprint density at radius 3 is 1.68 bits per heavy atom. The maximum atomic E-state index is 2.62. The summed E-state index contributed by atoms with van der Waals surface area (Å²) in [5.41, 5.74) is 0. The molecule has 1 heterocycles. The number of likely N-dealkylation sites (N-methyl/N-ethyl adjacent to an activating group) is 1. The fraction of sp³-hybridized carbons (Fsp3) is 0.913. The molecule has 0 N–H and O–H groups in total. The van der Waals surface area contributed by atoms with E-state index in [1.807, 2.05) is 0 Å². The Labute approximate surface area is 159 Å². The largest absolute Gasteiger partial charge is 0.289 e. The standard InChI is InChI=1S/C23H46N2/c1-3-5-6-7-8-9-10-11-12-13-14-15-16-17-18-19-20-25-22-21-24(4-2)23-25/h11-12H,3-10,13-23H2,1-2H3. The minimum Gasteiger partial charge on any atom is -0.289 e. The van der Waals surface area contributed by atoms with Gasteiger partial charge in [-0.05, 0) is 45.2 Å². The van der Waals surface area contributed by atoms with Crippen LogP contribution in [0.4, 0.5) is 0 Å². The van der Waals surface area contributed by atoms with Gasteiger partial charge in [0.2, 0.25) is 0 Å². The fourth-order valence-electron chi connectivity index (χ4n) is 3.73. The maximum absolute atomic E-state index is 2.62. The third-order valence-electron chi connectivity index (χ3n) is 5.57. The molecule has 1 fully saturated rings. The second-order valence-electron chi connectivity index (χ2n) is 7.91. The second-order valence-corrected chi connectivity index (χ2v) is 7.91. The van der Waals surface area contributed by atoms with Crippen molar-refractivity contribution in [3.05, 3.63) is 12.2 Å². The average Bonchev–Trinajstić information content (AvgIpc) is 3.09. The third kappa shape index (κ3) is 13.5. The van der Waals surface area contributed by atoms with Crippen LogP contribution < -0.4 is 0 Å². The molecule has 0 aromatic rings. The molecule has 1 rings (SSSR count). The van der Waals surface area contributed by atoms with Gasteiger partial charge in [0.15, 0.2) is 0 Å². The molecule has 2 nitrogen and oxygen atoms in total. The summed E-state index contributed by atoms with van der Waals surface area (Å²) in [5.74, 6) is 0. The first-order chi connectivity index (χ1) is 12.4. The van der Waals surface area contributed by atoms with Gasteiger partial charge in [0.1, 0.15) is 0 Å². The molecule has 0 unspecified atom stereocenters. The SMILES string of the molecule is CCCCCCCCC=CCCCCCCCCN1CCN(CC)C1. The van der Waals surface area contributed by atoms with Gasteiger partial charge in [-0.3, -0.25) is 9.80 Å². The monoisotopic (exact) mass is 350 g/mol. The lowest BCUT2D eigenvalue weighted by molar-refractivity contribution is 0.249. The van der Waals surface area contributed by atoms with E-state index in [2.05, 4.69) is 35.8 Å². The van der Waals surface area contributed by atoms with Crippen LogP contribution in [0.25, 0.3) is 0 Å². The van der Waals surface area contributed by atoms with Crippen LogP contribution in [0.1, 0.15) is 104 Å². The smallest absolute Gasteiger partial charge is 0.0507 e. The van der Waals surface area contributed by atoms with Crippen LogP contribution in [0, 0.1) is 0 Å². The summed E-state index contributed by atoms with van der Waals surface area (Å²) in [6.45, 7) is 10.9. The molecule has 2 heteroatoms. The van der Waals surface area contributed by atoms with E-state index in [4.69, 9.17) is 0 Å². The van der Waals surface area contributed by atoms with E-state index < -0.39 is 0 Å². The minimum absolute atomic E-state index is 1.21. The molecule has 0 saturated carbocycles. The molecule has 0 aliphatic carbocycles. The molecule has 0 bridgehead atoms. The topological polar surface area (TPSA) is 6.48 Å². The van der Waals surface area contributed by atoms with Crippen LogP contribution in [-0.4, -0.2) is 42.6 Å². The van der Waals surface area contributed by atoms with E-state index in [0.29, 0.717) is 0 Å². The third-order valence-corrected chi connectivity index (χ3v) is 5.57. The molecular formula is C23H46N2. The maximum Gasteiger partial charge on any atom is 0.0507 e. The first-order valence-electron chi connectivity index (χ1n) is 11.5. The quantitative estimate of drug-likeness (QED) is 0.215. The Kier molecular flexibility index (Phi) is 15.5. The fourth-order valence-corrected chi connectivity index (χ4v) is 3.73. The zero-order valence-corrected chi connectivity index (χ0v) is 17.5. The molecule has 0 aromatic heterocycles. The van der Waals surface area contributed by atoms with Gasteiger partial charge >= 0.3 is 0 Å². The lowest BCUT2D eigenvalue weighted by Gasteiger charge is -2.16. The summed E-state index contributed by atoms with van der Waals surface area (Å²) >= 11 is 0. The normalized spacial score (nSPS) is 16.4. The molecule has 1 saturated heterocycles. The lowest BCUT2D eigenvalue weighted by Crippen LogP contribution is -2.26. The molecule has 0 amide bonds. The van der Waals surface area contributed by atoms with Crippen molar-refractivity contribution in [2.45, 2.75) is 104 Å². The Hall–Kier alpha value is -0.340. The number of unbranched alkanes of at least 4 members (excludes halogenated alkanes) is 12. The Balaban J connectivity index is 1.74. The number of allylic oxidation sites excluding steroid dienone is 2. The first-order valence-corrected chi connectivity index (χ1v) is 11.5. The van der Waals surface area contributed by atoms with E-state index in [1.165, 1.54) is 123 Å². The second kappa shape index (κ2) is 17.1. The molecule has 0 aromatic carbocycles. The summed E-state index contributed by atoms with van der Waals surface area (Å²) in [4.78, 5) is 5.16. The van der Waals surface area contributed by atoms with Gasteiger partial charge < -0.3 is 0 Å². The van der Waals surface area contributed by atoms with Crippen molar-refractivity contribution < 1.29 is 0 Å². The Morgan fingerprint density at radius 1 is 0.600 bits per heavy atom. The van der Waals surface area contributed by atoms with Crippen molar-refractivity contribution in [2.24, 2.45) is 0 Å². The predicted octanol–water partition coefficient (Wildman–Crippen LogP) is 6.62. The van der Waals surface area contributed by atoms with Gasteiger partial charge in [-0.15, -0.1) is 0 Å². The van der Waals surface area contributed by atoms with Crippen LogP contribution in [-0.2, 0) is 0 Å². The Bertz CT molecular complexity index is 300. The van der Waals surface area contributed by atoms with Crippen molar-refractivity contribution in [1.29, 1.82) is 0 Å². The van der Waals surface area contributed by atoms with Crippen LogP contribution in [0.3, 0.4) is 0 Å². The van der Waals surface area contributed by atoms with Gasteiger partial charge in [0, 0.05) is 13.1 Å². The predicted molar refractivity (Wildman–Crippen MR) is 113 cm³/mol. The zero-order valence-electron chi connectivity index (χ0n) is 17.5. The van der Waals surface area contributed by atoms with Crippen molar-refractivity contribution in [3.8, 4) is 0 Å². The van der Waals surface area contributed by atoms with Gasteiger partial charge in [-0.2, -0.15) is 0 Å². The van der Waals surface area contributed by atoms with E-state index in [0.717, 1.165) is 0 Å². The first kappa shape index (κ1) is 22.7. The molecule has 25 heavy (non-hydrogen) atoms. The number of rotatable bonds is 17. The van der Waals surface area contributed by atoms with E-state index in [9.17, 15) is 0 Å². The highest BCUT2D eigenvalue weighted by Crippen LogP contribution is 2.11. The van der Waals surface area contributed by atoms with Crippen molar-refractivity contribution in [3.63, 3.8) is 0 Å². The summed E-state index contributed by atoms with van der Waals surface area (Å²) in [6.07, 6.45) is 24.5. The van der Waals surface area contributed by atoms with E-state index >= 15 is 0 Å². The molecule has 1 aliphatic heterocycles. The highest BCUT2D eigenvalue weighted by molar-refractivity contribution is 4.81. The van der Waals surface area contributed by atoms with Gasteiger partial charge in [-0.25, -0.2) is 0 Å². The highest BCUT2D eigenvalue weighted by atomic mass is 15.4. The number of hydrogen-bond donors (Lipinski definition) is 0. The molecule has 0 atom stereocenters. The molecule has 0 spiro atoms. The van der Waals surface area contributed by atoms with Gasteiger partial charge in [0.25, 0.3) is 0 Å². The number of hydrogen-bond acceptors (Lipinski definition) is 2. The van der Waals surface area contributed by atoms with Gasteiger partial charge in [-0.1, -0.05) is 83.8 Å². The summed E-state index contributed by atoms with van der Waals surface area (Å²) in [6, 6.07) is 0.